The van der Waals surface area contributed by atoms with Gasteiger partial charge in [-0.2, -0.15) is 0 Å². The van der Waals surface area contributed by atoms with Crippen LogP contribution in [0.15, 0.2) is 36.4 Å². The molecule has 2 rings (SSSR count). The van der Waals surface area contributed by atoms with E-state index in [0.717, 1.165) is 21.9 Å². The number of nitrogens with one attached hydrogen (secondary N) is 1. The summed E-state index contributed by atoms with van der Waals surface area (Å²) in [4.78, 5) is 11.0. The highest BCUT2D eigenvalue weighted by Gasteiger charge is 2.09. The van der Waals surface area contributed by atoms with E-state index < -0.39 is 0 Å². The monoisotopic (exact) mass is 268 g/mol. The molecular formula is C11H9ClN2O2S. The zero-order valence-electron chi connectivity index (χ0n) is 8.72. The summed E-state index contributed by atoms with van der Waals surface area (Å²) in [7, 11) is 0. The molecule has 0 bridgehead atoms. The summed E-state index contributed by atoms with van der Waals surface area (Å²) in [6.45, 7) is 0.530. The molecule has 0 amide bonds. The van der Waals surface area contributed by atoms with E-state index in [2.05, 4.69) is 5.32 Å². The van der Waals surface area contributed by atoms with E-state index in [1.54, 1.807) is 12.1 Å². The van der Waals surface area contributed by atoms with E-state index >= 15 is 0 Å². The fraction of sp³-hybridized carbons (Fsp3) is 0.0909. The summed E-state index contributed by atoms with van der Waals surface area (Å²) in [5.41, 5.74) is 0.824. The number of halogens is 1. The Balaban J connectivity index is 2.02. The van der Waals surface area contributed by atoms with E-state index in [1.807, 2.05) is 18.2 Å². The second kappa shape index (κ2) is 5.16. The predicted molar refractivity (Wildman–Crippen MR) is 69.8 cm³/mol. The zero-order chi connectivity index (χ0) is 12.3. The molecule has 1 N–H and O–H groups in total. The van der Waals surface area contributed by atoms with Crippen molar-refractivity contribution >= 4 is 33.6 Å². The summed E-state index contributed by atoms with van der Waals surface area (Å²) >= 11 is 7.14. The first-order chi connectivity index (χ1) is 8.16. The summed E-state index contributed by atoms with van der Waals surface area (Å²) in [5, 5.41) is 14.4. The van der Waals surface area contributed by atoms with Crippen molar-refractivity contribution in [1.29, 1.82) is 0 Å². The van der Waals surface area contributed by atoms with E-state index in [1.165, 1.54) is 6.07 Å². The van der Waals surface area contributed by atoms with Crippen molar-refractivity contribution in [1.82, 2.24) is 0 Å². The molecule has 0 atom stereocenters. The molecule has 0 radical (unpaired) electrons. The highest BCUT2D eigenvalue weighted by atomic mass is 35.5. The second-order valence-electron chi connectivity index (χ2n) is 3.33. The topological polar surface area (TPSA) is 55.2 Å². The van der Waals surface area contributed by atoms with E-state index in [0.29, 0.717) is 11.6 Å². The van der Waals surface area contributed by atoms with Crippen molar-refractivity contribution in [3.05, 3.63) is 56.4 Å². The Hall–Kier alpha value is -1.59. The van der Waals surface area contributed by atoms with Crippen molar-refractivity contribution in [2.75, 3.05) is 5.32 Å². The zero-order valence-corrected chi connectivity index (χ0v) is 10.3. The minimum absolute atomic E-state index is 0.154. The third-order valence-electron chi connectivity index (χ3n) is 2.15. The van der Waals surface area contributed by atoms with Crippen LogP contribution in [0.5, 0.6) is 0 Å². The molecule has 1 heterocycles. The van der Waals surface area contributed by atoms with Gasteiger partial charge in [-0.3, -0.25) is 10.1 Å². The normalized spacial score (nSPS) is 10.2. The second-order valence-corrected chi connectivity index (χ2v) is 4.88. The van der Waals surface area contributed by atoms with Gasteiger partial charge in [-0.05, 0) is 18.2 Å². The van der Waals surface area contributed by atoms with Crippen LogP contribution in [0.3, 0.4) is 0 Å². The fourth-order valence-electron chi connectivity index (χ4n) is 1.35. The number of nitrogens with zero attached hydrogens (tertiary/aromatic N) is 1. The maximum Gasteiger partial charge on any atom is 0.324 e. The van der Waals surface area contributed by atoms with Crippen LogP contribution in [0.25, 0.3) is 0 Å². The lowest BCUT2D eigenvalue weighted by molar-refractivity contribution is -0.380. The molecule has 0 fully saturated rings. The first-order valence-corrected chi connectivity index (χ1v) is 6.08. The average molecular weight is 269 g/mol. The number of anilines is 1. The average Bonchev–Trinajstić information content (AvgIpc) is 2.77. The highest BCUT2D eigenvalue weighted by molar-refractivity contribution is 7.15. The lowest BCUT2D eigenvalue weighted by atomic mass is 10.3. The standard InChI is InChI=1S/C11H9ClN2O2S/c12-9-3-1-2-4-10(9)13-7-8-5-6-11(17-8)14(15)16/h1-6,13H,7H2. The van der Waals surface area contributed by atoms with Crippen molar-refractivity contribution in [3.8, 4) is 0 Å². The summed E-state index contributed by atoms with van der Waals surface area (Å²) in [5.74, 6) is 0. The number of thiophene rings is 1. The molecule has 0 aliphatic carbocycles. The predicted octanol–water partition coefficient (Wildman–Crippen LogP) is 3.92. The Morgan fingerprint density at radius 2 is 2.06 bits per heavy atom. The van der Waals surface area contributed by atoms with Crippen LogP contribution < -0.4 is 5.32 Å². The van der Waals surface area contributed by atoms with Gasteiger partial charge in [0, 0.05) is 17.5 Å². The van der Waals surface area contributed by atoms with Crippen molar-refractivity contribution in [2.45, 2.75) is 6.54 Å². The molecule has 2 aromatic rings. The van der Waals surface area contributed by atoms with Gasteiger partial charge < -0.3 is 5.32 Å². The van der Waals surface area contributed by atoms with Crippen molar-refractivity contribution in [3.63, 3.8) is 0 Å². The minimum atomic E-state index is -0.385. The van der Waals surface area contributed by atoms with Crippen LogP contribution in [0.1, 0.15) is 4.88 Å². The van der Waals surface area contributed by atoms with Gasteiger partial charge >= 0.3 is 5.00 Å². The first kappa shape index (κ1) is 11.9. The fourth-order valence-corrected chi connectivity index (χ4v) is 2.31. The first-order valence-electron chi connectivity index (χ1n) is 4.88. The molecule has 0 saturated carbocycles. The van der Waals surface area contributed by atoms with Gasteiger partial charge in [0.05, 0.1) is 15.6 Å². The largest absolute Gasteiger partial charge is 0.379 e. The van der Waals surface area contributed by atoms with E-state index in [9.17, 15) is 10.1 Å². The third kappa shape index (κ3) is 2.95. The molecule has 88 valence electrons. The number of para-hydroxylation sites is 1. The van der Waals surface area contributed by atoms with Gasteiger partial charge in [0.1, 0.15) is 0 Å². The molecule has 0 spiro atoms. The van der Waals surface area contributed by atoms with Crippen molar-refractivity contribution in [2.24, 2.45) is 0 Å². The van der Waals surface area contributed by atoms with Crippen molar-refractivity contribution < 1.29 is 4.92 Å². The number of benzene rings is 1. The molecule has 17 heavy (non-hydrogen) atoms. The maximum atomic E-state index is 10.5. The smallest absolute Gasteiger partial charge is 0.324 e. The molecule has 4 nitrogen and oxygen atoms in total. The molecule has 1 aromatic heterocycles. The molecule has 0 aliphatic heterocycles. The molecule has 6 heteroatoms. The molecule has 1 aromatic carbocycles. The van der Waals surface area contributed by atoms with Crippen LogP contribution in [-0.2, 0) is 6.54 Å². The number of hydrogen-bond donors (Lipinski definition) is 1. The molecule has 0 aliphatic rings. The molecular weight excluding hydrogens is 260 g/mol. The van der Waals surface area contributed by atoms with Gasteiger partial charge in [-0.25, -0.2) is 0 Å². The van der Waals surface area contributed by atoms with Gasteiger partial charge in [0.2, 0.25) is 0 Å². The van der Waals surface area contributed by atoms with E-state index in [4.69, 9.17) is 11.6 Å². The Kier molecular flexibility index (Phi) is 3.61. The Morgan fingerprint density at radius 1 is 1.29 bits per heavy atom. The van der Waals surface area contributed by atoms with Gasteiger partial charge in [0.25, 0.3) is 0 Å². The Bertz CT molecular complexity index is 542. The van der Waals surface area contributed by atoms with Gasteiger partial charge in [-0.1, -0.05) is 35.1 Å². The maximum absolute atomic E-state index is 10.5. The Morgan fingerprint density at radius 3 is 2.71 bits per heavy atom. The summed E-state index contributed by atoms with van der Waals surface area (Å²) in [6, 6.07) is 10.6. The minimum Gasteiger partial charge on any atom is -0.379 e. The molecule has 0 saturated heterocycles. The lowest BCUT2D eigenvalue weighted by Crippen LogP contribution is -1.97. The van der Waals surface area contributed by atoms with Crippen LogP contribution >= 0.6 is 22.9 Å². The van der Waals surface area contributed by atoms with E-state index in [-0.39, 0.29) is 9.92 Å². The van der Waals surface area contributed by atoms with Gasteiger partial charge in [-0.15, -0.1) is 0 Å². The third-order valence-corrected chi connectivity index (χ3v) is 3.52. The molecule has 0 unspecified atom stereocenters. The lowest BCUT2D eigenvalue weighted by Gasteiger charge is -2.05. The van der Waals surface area contributed by atoms with Gasteiger partial charge in [0.15, 0.2) is 0 Å². The van der Waals surface area contributed by atoms with Crippen LogP contribution in [0.2, 0.25) is 5.02 Å². The summed E-state index contributed by atoms with van der Waals surface area (Å²) < 4.78 is 0. The van der Waals surface area contributed by atoms with Crippen LogP contribution in [0.4, 0.5) is 10.7 Å². The number of nitro groups is 1. The van der Waals surface area contributed by atoms with Crippen LogP contribution in [-0.4, -0.2) is 4.92 Å². The SMILES string of the molecule is O=[N+]([O-])c1ccc(CNc2ccccc2Cl)s1. The van der Waals surface area contributed by atoms with Crippen LogP contribution in [0, 0.1) is 10.1 Å². The highest BCUT2D eigenvalue weighted by Crippen LogP contribution is 2.26. The number of hydrogen-bond acceptors (Lipinski definition) is 4. The quantitative estimate of drug-likeness (QED) is 0.675. The summed E-state index contributed by atoms with van der Waals surface area (Å²) in [6.07, 6.45) is 0. The Labute approximate surface area is 107 Å². The number of rotatable bonds is 4.